The van der Waals surface area contributed by atoms with Crippen molar-refractivity contribution in [2.45, 2.75) is 40.7 Å². The Morgan fingerprint density at radius 3 is 2.50 bits per heavy atom. The summed E-state index contributed by atoms with van der Waals surface area (Å²) in [6.07, 6.45) is 7.36. The van der Waals surface area contributed by atoms with Crippen LogP contribution in [0, 0.1) is 20.8 Å². The Balaban J connectivity index is 1.42. The van der Waals surface area contributed by atoms with Crippen LogP contribution in [0.2, 0.25) is 0 Å². The van der Waals surface area contributed by atoms with E-state index in [0.29, 0.717) is 47.0 Å². The molecule has 2 amide bonds. The Morgan fingerprint density at radius 1 is 1.05 bits per heavy atom. The summed E-state index contributed by atoms with van der Waals surface area (Å²) in [6.45, 7) is 8.82. The number of fused-ring (bicyclic) bond motifs is 1. The first-order chi connectivity index (χ1) is 20.1. The molecule has 2 aromatic carbocycles. The van der Waals surface area contributed by atoms with Crippen molar-refractivity contribution in [3.05, 3.63) is 93.2 Å². The summed E-state index contributed by atoms with van der Waals surface area (Å²) in [7, 11) is 1.71. The second-order valence-corrected chi connectivity index (χ2v) is 11.4. The normalized spacial score (nSPS) is 11.1. The highest BCUT2D eigenvalue weighted by Gasteiger charge is 2.18. The quantitative estimate of drug-likeness (QED) is 0.223. The molecule has 10 heteroatoms. The lowest BCUT2D eigenvalue weighted by Crippen LogP contribution is -2.21. The van der Waals surface area contributed by atoms with E-state index in [1.54, 1.807) is 30.2 Å². The van der Waals surface area contributed by atoms with E-state index < -0.39 is 0 Å². The second-order valence-electron chi connectivity index (χ2n) is 10.3. The first-order valence-electron chi connectivity index (χ1n) is 13.7. The molecule has 0 aliphatic carbocycles. The number of aromatic nitrogens is 3. The fourth-order valence-electron chi connectivity index (χ4n) is 4.95. The number of imidazole rings is 1. The van der Waals surface area contributed by atoms with Gasteiger partial charge in [-0.3, -0.25) is 14.4 Å². The summed E-state index contributed by atoms with van der Waals surface area (Å²) in [5.41, 5.74) is 5.06. The van der Waals surface area contributed by atoms with Gasteiger partial charge in [-0.25, -0.2) is 4.98 Å². The number of anilines is 1. The third-order valence-electron chi connectivity index (χ3n) is 6.89. The average Bonchev–Trinajstić information content (AvgIpc) is 3.62. The number of hydrogen-bond donors (Lipinski definition) is 2. The highest BCUT2D eigenvalue weighted by molar-refractivity contribution is 7.21. The van der Waals surface area contributed by atoms with E-state index in [1.807, 2.05) is 75.0 Å². The van der Waals surface area contributed by atoms with Crippen molar-refractivity contribution in [2.75, 3.05) is 11.9 Å². The van der Waals surface area contributed by atoms with Crippen LogP contribution in [-0.2, 0) is 18.4 Å². The summed E-state index contributed by atoms with van der Waals surface area (Å²) in [5, 5.41) is 6.31. The van der Waals surface area contributed by atoms with Crippen molar-refractivity contribution in [1.82, 2.24) is 19.4 Å². The molecular formula is C32H33N5O4S. The zero-order valence-corrected chi connectivity index (χ0v) is 25.1. The Labute approximate surface area is 247 Å². The Kier molecular flexibility index (Phi) is 8.26. The van der Waals surface area contributed by atoms with Crippen LogP contribution in [-0.4, -0.2) is 32.5 Å². The minimum Gasteiger partial charge on any atom is -0.457 e. The zero-order valence-electron chi connectivity index (χ0n) is 24.3. The number of pyridine rings is 1. The molecule has 0 unspecified atom stereocenters. The van der Waals surface area contributed by atoms with E-state index in [0.717, 1.165) is 32.5 Å². The number of ether oxygens (including phenoxy) is 1. The third-order valence-corrected chi connectivity index (χ3v) is 8.06. The van der Waals surface area contributed by atoms with Gasteiger partial charge in [0.2, 0.25) is 5.91 Å². The van der Waals surface area contributed by atoms with Crippen LogP contribution >= 0.6 is 11.3 Å². The fourth-order valence-corrected chi connectivity index (χ4v) is 6.05. The Hall–Kier alpha value is -4.70. The van der Waals surface area contributed by atoms with Gasteiger partial charge in [-0.2, -0.15) is 0 Å². The maximum atomic E-state index is 12.9. The molecule has 0 fully saturated rings. The van der Waals surface area contributed by atoms with Crippen molar-refractivity contribution in [1.29, 1.82) is 0 Å². The van der Waals surface area contributed by atoms with E-state index in [-0.39, 0.29) is 17.4 Å². The SMILES string of the molecule is CCNC(=O)c1cc2c(=O)n(C)cc(-c3cc(C)cc(Oc4c(C)cc(NC(=O)CCn5ccnc5)cc4C)c3)c2s1. The summed E-state index contributed by atoms with van der Waals surface area (Å²) in [4.78, 5) is 42.5. The van der Waals surface area contributed by atoms with Gasteiger partial charge in [-0.15, -0.1) is 11.3 Å². The Bertz CT molecular complexity index is 1830. The van der Waals surface area contributed by atoms with E-state index in [2.05, 4.69) is 15.6 Å². The van der Waals surface area contributed by atoms with Crippen LogP contribution < -0.4 is 20.9 Å². The van der Waals surface area contributed by atoms with Crippen molar-refractivity contribution in [3.63, 3.8) is 0 Å². The largest absolute Gasteiger partial charge is 0.457 e. The van der Waals surface area contributed by atoms with Crippen LogP contribution in [0.3, 0.4) is 0 Å². The van der Waals surface area contributed by atoms with Crippen LogP contribution in [0.25, 0.3) is 21.2 Å². The first kappa shape index (κ1) is 28.8. The number of amides is 2. The molecule has 216 valence electrons. The monoisotopic (exact) mass is 583 g/mol. The molecule has 0 radical (unpaired) electrons. The number of nitrogens with one attached hydrogen (secondary N) is 2. The lowest BCUT2D eigenvalue weighted by Gasteiger charge is -2.16. The van der Waals surface area contributed by atoms with Crippen LogP contribution in [0.4, 0.5) is 5.69 Å². The molecule has 42 heavy (non-hydrogen) atoms. The predicted molar refractivity (Wildman–Crippen MR) is 167 cm³/mol. The zero-order chi connectivity index (χ0) is 30.0. The molecule has 0 saturated carbocycles. The van der Waals surface area contributed by atoms with E-state index >= 15 is 0 Å². The van der Waals surface area contributed by atoms with Crippen molar-refractivity contribution in [3.8, 4) is 22.6 Å². The van der Waals surface area contributed by atoms with Gasteiger partial charge in [0.15, 0.2) is 0 Å². The second kappa shape index (κ2) is 12.0. The molecule has 2 N–H and O–H groups in total. The van der Waals surface area contributed by atoms with Gasteiger partial charge in [0.05, 0.1) is 16.6 Å². The number of nitrogens with zero attached hydrogens (tertiary/aromatic N) is 3. The number of thiophene rings is 1. The highest BCUT2D eigenvalue weighted by atomic mass is 32.1. The summed E-state index contributed by atoms with van der Waals surface area (Å²) >= 11 is 1.31. The number of rotatable bonds is 9. The molecule has 0 aliphatic rings. The molecule has 0 saturated heterocycles. The van der Waals surface area contributed by atoms with Crippen LogP contribution in [0.1, 0.15) is 39.7 Å². The summed E-state index contributed by atoms with van der Waals surface area (Å²) in [6, 6.07) is 11.4. The molecule has 9 nitrogen and oxygen atoms in total. The average molecular weight is 584 g/mol. The van der Waals surface area contributed by atoms with Crippen LogP contribution in [0.15, 0.2) is 66.1 Å². The van der Waals surface area contributed by atoms with E-state index in [9.17, 15) is 14.4 Å². The lowest BCUT2D eigenvalue weighted by molar-refractivity contribution is -0.116. The van der Waals surface area contributed by atoms with Gasteiger partial charge in [0, 0.05) is 61.1 Å². The minimum atomic E-state index is -0.191. The van der Waals surface area contributed by atoms with Gasteiger partial charge in [-0.05, 0) is 80.3 Å². The molecule has 5 rings (SSSR count). The van der Waals surface area contributed by atoms with Gasteiger partial charge < -0.3 is 24.5 Å². The van der Waals surface area contributed by atoms with Crippen molar-refractivity contribution < 1.29 is 14.3 Å². The summed E-state index contributed by atoms with van der Waals surface area (Å²) < 4.78 is 10.6. The fraction of sp³-hybridized carbons (Fsp3) is 0.250. The molecule has 0 aliphatic heterocycles. The van der Waals surface area contributed by atoms with E-state index in [4.69, 9.17) is 4.74 Å². The molecule has 5 aromatic rings. The minimum absolute atomic E-state index is 0.0769. The van der Waals surface area contributed by atoms with E-state index in [1.165, 1.54) is 11.3 Å². The standard InChI is InChI=1S/C32H33N5O4S/c1-6-34-31(39)27-16-25-30(42-27)26(17-36(5)32(25)40)22-11-19(2)12-24(15-22)41-29-20(3)13-23(14-21(29)4)35-28(38)7-9-37-10-8-33-18-37/h8,10-18H,6-7,9H2,1-5H3,(H,34,39)(H,35,38). The molecule has 0 atom stereocenters. The van der Waals surface area contributed by atoms with Gasteiger partial charge in [0.1, 0.15) is 11.5 Å². The summed E-state index contributed by atoms with van der Waals surface area (Å²) in [5.74, 6) is 1.09. The maximum absolute atomic E-state index is 12.9. The number of carbonyl (C=O) groups is 2. The first-order valence-corrected chi connectivity index (χ1v) is 14.5. The van der Waals surface area contributed by atoms with Crippen molar-refractivity contribution in [2.24, 2.45) is 7.05 Å². The number of carbonyl (C=O) groups excluding carboxylic acids is 2. The maximum Gasteiger partial charge on any atom is 0.261 e. The highest BCUT2D eigenvalue weighted by Crippen LogP contribution is 2.37. The molecular weight excluding hydrogens is 550 g/mol. The molecule has 3 aromatic heterocycles. The Morgan fingerprint density at radius 2 is 1.81 bits per heavy atom. The van der Waals surface area contributed by atoms with Crippen molar-refractivity contribution >= 4 is 38.9 Å². The molecule has 0 spiro atoms. The predicted octanol–water partition coefficient (Wildman–Crippen LogP) is 5.96. The third kappa shape index (κ3) is 6.13. The van der Waals surface area contributed by atoms with Gasteiger partial charge in [-0.1, -0.05) is 6.07 Å². The van der Waals surface area contributed by atoms with Crippen LogP contribution in [0.5, 0.6) is 11.5 Å². The topological polar surface area (TPSA) is 107 Å². The van der Waals surface area contributed by atoms with Gasteiger partial charge >= 0.3 is 0 Å². The number of aryl methyl sites for hydroxylation is 5. The molecule has 0 bridgehead atoms. The smallest absolute Gasteiger partial charge is 0.261 e. The lowest BCUT2D eigenvalue weighted by atomic mass is 10.0. The number of benzene rings is 2. The number of hydrogen-bond acceptors (Lipinski definition) is 6. The van der Waals surface area contributed by atoms with Gasteiger partial charge in [0.25, 0.3) is 11.5 Å². The molecule has 3 heterocycles.